The fourth-order valence-electron chi connectivity index (χ4n) is 2.96. The van der Waals surface area contributed by atoms with E-state index >= 15 is 0 Å². The molecule has 3 rings (SSSR count). The van der Waals surface area contributed by atoms with E-state index in [2.05, 4.69) is 72.6 Å². The molecule has 2 aromatic carbocycles. The molecule has 1 saturated heterocycles. The Balaban J connectivity index is 2.07. The molecule has 0 saturated carbocycles. The molecule has 0 bridgehead atoms. The molecule has 0 amide bonds. The molecule has 1 fully saturated rings. The molecule has 3 heteroatoms. The molecule has 1 unspecified atom stereocenters. The van der Waals surface area contributed by atoms with Crippen LogP contribution in [0.15, 0.2) is 66.2 Å². The van der Waals surface area contributed by atoms with E-state index in [1.165, 1.54) is 16.8 Å². The highest BCUT2D eigenvalue weighted by Gasteiger charge is 2.27. The highest BCUT2D eigenvalue weighted by atomic mass is 16.5. The average molecular weight is 307 g/mol. The van der Waals surface area contributed by atoms with Crippen molar-refractivity contribution < 1.29 is 4.74 Å². The first kappa shape index (κ1) is 15.8. The zero-order chi connectivity index (χ0) is 16.1. The zero-order valence-corrected chi connectivity index (χ0v) is 13.8. The van der Waals surface area contributed by atoms with Crippen LogP contribution in [-0.4, -0.2) is 25.9 Å². The van der Waals surface area contributed by atoms with E-state index < -0.39 is 0 Å². The van der Waals surface area contributed by atoms with Crippen LogP contribution in [-0.2, 0) is 4.74 Å². The van der Waals surface area contributed by atoms with Gasteiger partial charge in [-0.2, -0.15) is 0 Å². The lowest BCUT2D eigenvalue weighted by Gasteiger charge is -2.38. The number of rotatable bonds is 4. The normalized spacial score (nSPS) is 17.6. The summed E-state index contributed by atoms with van der Waals surface area (Å²) < 4.78 is 6.05. The van der Waals surface area contributed by atoms with Crippen LogP contribution in [0.3, 0.4) is 0 Å². The molecule has 23 heavy (non-hydrogen) atoms. The van der Waals surface area contributed by atoms with Crippen LogP contribution in [0, 0.1) is 0 Å². The van der Waals surface area contributed by atoms with Gasteiger partial charge in [-0.1, -0.05) is 54.1 Å². The second-order valence-electron chi connectivity index (χ2n) is 5.88. The first-order valence-electron chi connectivity index (χ1n) is 8.09. The second kappa shape index (κ2) is 7.44. The van der Waals surface area contributed by atoms with E-state index in [0.29, 0.717) is 13.2 Å². The maximum atomic E-state index is 6.05. The number of hydrogen-bond donors (Lipinski definition) is 0. The minimum atomic E-state index is -0.0590. The smallest absolute Gasteiger partial charge is 0.148 e. The van der Waals surface area contributed by atoms with Crippen LogP contribution in [0.1, 0.15) is 19.4 Å². The number of morpholine rings is 1. The molecule has 0 aliphatic carbocycles. The molecular weight excluding hydrogens is 284 g/mol. The van der Waals surface area contributed by atoms with Crippen molar-refractivity contribution in [3.63, 3.8) is 0 Å². The van der Waals surface area contributed by atoms with Gasteiger partial charge >= 0.3 is 0 Å². The van der Waals surface area contributed by atoms with Crippen LogP contribution in [0.4, 0.5) is 5.69 Å². The zero-order valence-electron chi connectivity index (χ0n) is 13.8. The van der Waals surface area contributed by atoms with E-state index in [-0.39, 0.29) is 6.23 Å². The Kier molecular flexibility index (Phi) is 5.11. The molecule has 1 radical (unpaired) electrons. The highest BCUT2D eigenvalue weighted by molar-refractivity contribution is 5.81. The number of para-hydroxylation sites is 1. The number of nitrogens with zero attached hydrogens (tertiary/aromatic N) is 2. The van der Waals surface area contributed by atoms with Crippen molar-refractivity contribution in [2.45, 2.75) is 20.1 Å². The molecule has 0 spiro atoms. The molecule has 1 atom stereocenters. The van der Waals surface area contributed by atoms with Gasteiger partial charge in [0.05, 0.1) is 13.2 Å². The molecule has 3 nitrogen and oxygen atoms in total. The van der Waals surface area contributed by atoms with Crippen LogP contribution in [0.2, 0.25) is 0 Å². The summed E-state index contributed by atoms with van der Waals surface area (Å²) in [5.74, 6) is 0. The Morgan fingerprint density at radius 1 is 1.00 bits per heavy atom. The van der Waals surface area contributed by atoms with Crippen molar-refractivity contribution in [2.75, 3.05) is 24.6 Å². The largest absolute Gasteiger partial charge is 0.355 e. The van der Waals surface area contributed by atoms with Gasteiger partial charge in [0, 0.05) is 17.9 Å². The van der Waals surface area contributed by atoms with Crippen LogP contribution in [0.5, 0.6) is 0 Å². The second-order valence-corrected chi connectivity index (χ2v) is 5.88. The van der Waals surface area contributed by atoms with Gasteiger partial charge in [0.2, 0.25) is 0 Å². The summed E-state index contributed by atoms with van der Waals surface area (Å²) in [6.07, 6.45) is -0.0590. The minimum absolute atomic E-state index is 0.0590. The number of benzene rings is 2. The molecule has 2 aromatic rings. The van der Waals surface area contributed by atoms with E-state index in [1.807, 2.05) is 12.1 Å². The third kappa shape index (κ3) is 3.63. The van der Waals surface area contributed by atoms with Gasteiger partial charge in [0.15, 0.2) is 0 Å². The fourth-order valence-corrected chi connectivity index (χ4v) is 2.96. The van der Waals surface area contributed by atoms with Gasteiger partial charge in [-0.15, -0.1) is 0 Å². The summed E-state index contributed by atoms with van der Waals surface area (Å²) in [4.78, 5) is 2.29. The Morgan fingerprint density at radius 2 is 1.65 bits per heavy atom. The summed E-state index contributed by atoms with van der Waals surface area (Å²) in [7, 11) is 0. The van der Waals surface area contributed by atoms with Gasteiger partial charge in [0.25, 0.3) is 0 Å². The van der Waals surface area contributed by atoms with Crippen molar-refractivity contribution in [3.05, 3.63) is 71.8 Å². The first-order chi connectivity index (χ1) is 11.3. The Labute approximate surface area is 138 Å². The highest BCUT2D eigenvalue weighted by Crippen LogP contribution is 2.31. The van der Waals surface area contributed by atoms with E-state index in [9.17, 15) is 0 Å². The summed E-state index contributed by atoms with van der Waals surface area (Å²) in [6, 6.07) is 20.9. The minimum Gasteiger partial charge on any atom is -0.355 e. The lowest BCUT2D eigenvalue weighted by atomic mass is 10.0. The predicted octanol–water partition coefficient (Wildman–Crippen LogP) is 3.90. The summed E-state index contributed by atoms with van der Waals surface area (Å²) in [5, 5.41) is 4.55. The Morgan fingerprint density at radius 3 is 2.22 bits per heavy atom. The quantitative estimate of drug-likeness (QED) is 0.856. The van der Waals surface area contributed by atoms with Crippen LogP contribution >= 0.6 is 0 Å². The molecule has 119 valence electrons. The Hall–Kier alpha value is -2.10. The molecule has 0 N–H and O–H groups in total. The number of ether oxygens (including phenoxy) is 1. The lowest BCUT2D eigenvalue weighted by molar-refractivity contribution is 0.0320. The molecule has 1 aliphatic rings. The van der Waals surface area contributed by atoms with E-state index in [1.54, 1.807) is 0 Å². The van der Waals surface area contributed by atoms with E-state index in [4.69, 9.17) is 4.74 Å². The van der Waals surface area contributed by atoms with Crippen molar-refractivity contribution in [2.24, 2.45) is 0 Å². The topological polar surface area (TPSA) is 26.6 Å². The van der Waals surface area contributed by atoms with Crippen LogP contribution < -0.4 is 10.2 Å². The van der Waals surface area contributed by atoms with Gasteiger partial charge in [0.1, 0.15) is 6.23 Å². The van der Waals surface area contributed by atoms with Crippen molar-refractivity contribution in [1.29, 1.82) is 0 Å². The summed E-state index contributed by atoms with van der Waals surface area (Å²) in [5.41, 5.74) is 4.79. The van der Waals surface area contributed by atoms with Crippen molar-refractivity contribution in [1.82, 2.24) is 5.32 Å². The SMILES string of the molecule is CC(C)=C(c1ccccc1)N(c1ccccc1)C1C[N]CCO1. The van der Waals surface area contributed by atoms with Crippen LogP contribution in [0.25, 0.3) is 5.70 Å². The maximum Gasteiger partial charge on any atom is 0.148 e. The number of hydrogen-bond acceptors (Lipinski definition) is 2. The predicted molar refractivity (Wildman–Crippen MR) is 95.2 cm³/mol. The fraction of sp³-hybridized carbons (Fsp3) is 0.300. The lowest BCUT2D eigenvalue weighted by Crippen LogP contribution is -2.46. The van der Waals surface area contributed by atoms with Gasteiger partial charge < -0.3 is 9.64 Å². The Bertz CT molecular complexity index is 642. The number of allylic oxidation sites excluding steroid dienone is 1. The van der Waals surface area contributed by atoms with Gasteiger partial charge in [-0.3, -0.25) is 0 Å². The van der Waals surface area contributed by atoms with Crippen molar-refractivity contribution >= 4 is 11.4 Å². The molecule has 1 aliphatic heterocycles. The molecule has 0 aromatic heterocycles. The number of anilines is 1. The first-order valence-corrected chi connectivity index (χ1v) is 8.09. The monoisotopic (exact) mass is 307 g/mol. The third-order valence-corrected chi connectivity index (χ3v) is 3.93. The average Bonchev–Trinajstić information content (AvgIpc) is 2.61. The maximum absolute atomic E-state index is 6.05. The van der Waals surface area contributed by atoms with Gasteiger partial charge in [-0.25, -0.2) is 5.32 Å². The van der Waals surface area contributed by atoms with E-state index in [0.717, 1.165) is 12.2 Å². The molecule has 1 heterocycles. The summed E-state index contributed by atoms with van der Waals surface area (Å²) in [6.45, 7) is 6.46. The van der Waals surface area contributed by atoms with Gasteiger partial charge in [-0.05, 0) is 31.5 Å². The summed E-state index contributed by atoms with van der Waals surface area (Å²) >= 11 is 0. The third-order valence-electron chi connectivity index (χ3n) is 3.93. The standard InChI is InChI=1S/C20H23N2O/c1-16(2)20(17-9-5-3-6-10-17)22(18-11-7-4-8-12-18)19-15-21-13-14-23-19/h3-12,19H,13-15H2,1-2H3. The van der Waals surface area contributed by atoms with Crippen molar-refractivity contribution in [3.8, 4) is 0 Å². The molecular formula is C20H23N2O.